The predicted octanol–water partition coefficient (Wildman–Crippen LogP) is 3.90. The van der Waals surface area contributed by atoms with E-state index in [1.54, 1.807) is 21.3 Å². The fraction of sp³-hybridized carbons (Fsp3) is 0.545. The van der Waals surface area contributed by atoms with Crippen molar-refractivity contribution in [3.8, 4) is 17.2 Å². The number of carbonyl (C=O) groups is 1. The molecule has 1 aromatic carbocycles. The highest BCUT2D eigenvalue weighted by molar-refractivity contribution is 7.09. The Labute approximate surface area is 181 Å². The van der Waals surface area contributed by atoms with Crippen molar-refractivity contribution in [2.45, 2.75) is 38.8 Å². The summed E-state index contributed by atoms with van der Waals surface area (Å²) in [5.74, 6) is 2.13. The van der Waals surface area contributed by atoms with E-state index in [9.17, 15) is 4.79 Å². The van der Waals surface area contributed by atoms with Gasteiger partial charge in [-0.2, -0.15) is 0 Å². The summed E-state index contributed by atoms with van der Waals surface area (Å²) in [4.78, 5) is 19.5. The lowest BCUT2D eigenvalue weighted by molar-refractivity contribution is -0.136. The number of ether oxygens (including phenoxy) is 4. The van der Waals surface area contributed by atoms with Crippen molar-refractivity contribution < 1.29 is 23.7 Å². The lowest BCUT2D eigenvalue weighted by atomic mass is 10.1. The maximum Gasteiger partial charge on any atom is 0.226 e. The van der Waals surface area contributed by atoms with E-state index in [0.29, 0.717) is 43.6 Å². The molecule has 1 aliphatic rings. The molecule has 2 aromatic rings. The molecule has 0 N–H and O–H groups in total. The van der Waals surface area contributed by atoms with E-state index < -0.39 is 0 Å². The molecule has 164 valence electrons. The number of hydrogen-bond donors (Lipinski definition) is 0. The fourth-order valence-corrected chi connectivity index (χ4v) is 4.37. The molecule has 1 aliphatic carbocycles. The molecule has 1 heterocycles. The van der Waals surface area contributed by atoms with E-state index in [4.69, 9.17) is 18.9 Å². The zero-order valence-electron chi connectivity index (χ0n) is 17.9. The van der Waals surface area contributed by atoms with E-state index in [0.717, 1.165) is 36.4 Å². The van der Waals surface area contributed by atoms with Gasteiger partial charge in [-0.05, 0) is 25.0 Å². The van der Waals surface area contributed by atoms with Crippen molar-refractivity contribution in [2.75, 3.05) is 34.5 Å². The van der Waals surface area contributed by atoms with Gasteiger partial charge in [-0.3, -0.25) is 4.79 Å². The zero-order chi connectivity index (χ0) is 21.3. The summed E-state index contributed by atoms with van der Waals surface area (Å²) in [5, 5.41) is 2.82. The molecular weight excluding hydrogens is 404 g/mol. The van der Waals surface area contributed by atoms with Crippen LogP contribution in [0.3, 0.4) is 0 Å². The smallest absolute Gasteiger partial charge is 0.226 e. The van der Waals surface area contributed by atoms with Crippen molar-refractivity contribution in [3.05, 3.63) is 34.3 Å². The number of nitrogens with zero attached hydrogens (tertiary/aromatic N) is 2. The van der Waals surface area contributed by atoms with Gasteiger partial charge in [0, 0.05) is 25.0 Å². The third-order valence-corrected chi connectivity index (χ3v) is 6.13. The topological polar surface area (TPSA) is 70.1 Å². The summed E-state index contributed by atoms with van der Waals surface area (Å²) in [5.41, 5.74) is 0.869. The number of aromatic nitrogens is 1. The van der Waals surface area contributed by atoms with Gasteiger partial charge in [0.2, 0.25) is 11.7 Å². The van der Waals surface area contributed by atoms with Crippen LogP contribution in [-0.4, -0.2) is 50.3 Å². The van der Waals surface area contributed by atoms with Crippen LogP contribution in [-0.2, 0) is 22.7 Å². The molecular formula is C22H30N2O5S. The second kappa shape index (κ2) is 11.2. The Kier molecular flexibility index (Phi) is 8.33. The first-order valence-electron chi connectivity index (χ1n) is 10.2. The highest BCUT2D eigenvalue weighted by Gasteiger charge is 2.27. The summed E-state index contributed by atoms with van der Waals surface area (Å²) >= 11 is 1.52. The van der Waals surface area contributed by atoms with Crippen LogP contribution < -0.4 is 14.2 Å². The molecule has 7 nitrogen and oxygen atoms in total. The minimum atomic E-state index is 0.140. The van der Waals surface area contributed by atoms with Crippen LogP contribution in [0, 0.1) is 5.92 Å². The van der Waals surface area contributed by atoms with Gasteiger partial charge in [-0.15, -0.1) is 11.3 Å². The Bertz CT molecular complexity index is 797. The molecule has 1 fully saturated rings. The van der Waals surface area contributed by atoms with Crippen molar-refractivity contribution in [1.82, 2.24) is 9.88 Å². The number of hydrogen-bond acceptors (Lipinski definition) is 7. The molecule has 0 saturated heterocycles. The SMILES string of the molecule is COCCN(Cc1csc(COc2c(OC)cccc2OC)n1)C(=O)C1CCCC1. The quantitative estimate of drug-likeness (QED) is 0.534. The molecule has 3 rings (SSSR count). The van der Waals surface area contributed by atoms with Gasteiger partial charge >= 0.3 is 0 Å². The molecule has 0 aliphatic heterocycles. The number of benzene rings is 1. The largest absolute Gasteiger partial charge is 0.493 e. The first kappa shape index (κ1) is 22.4. The van der Waals surface area contributed by atoms with Crippen molar-refractivity contribution in [3.63, 3.8) is 0 Å². The normalized spacial score (nSPS) is 14.0. The van der Waals surface area contributed by atoms with Crippen LogP contribution in [0.1, 0.15) is 36.4 Å². The minimum absolute atomic E-state index is 0.140. The van der Waals surface area contributed by atoms with E-state index in [2.05, 4.69) is 4.98 Å². The predicted molar refractivity (Wildman–Crippen MR) is 115 cm³/mol. The maximum atomic E-state index is 12.9. The van der Waals surface area contributed by atoms with Crippen LogP contribution >= 0.6 is 11.3 Å². The van der Waals surface area contributed by atoms with Gasteiger partial charge < -0.3 is 23.8 Å². The monoisotopic (exact) mass is 434 g/mol. The molecule has 0 bridgehead atoms. The number of para-hydroxylation sites is 1. The third kappa shape index (κ3) is 5.64. The molecule has 1 saturated carbocycles. The molecule has 0 atom stereocenters. The highest BCUT2D eigenvalue weighted by Crippen LogP contribution is 2.37. The summed E-state index contributed by atoms with van der Waals surface area (Å²) in [6.45, 7) is 1.89. The Balaban J connectivity index is 1.64. The Morgan fingerprint density at radius 2 is 1.87 bits per heavy atom. The Hall–Kier alpha value is -2.32. The summed E-state index contributed by atoms with van der Waals surface area (Å²) < 4.78 is 21.9. The van der Waals surface area contributed by atoms with Crippen LogP contribution in [0.25, 0.3) is 0 Å². The number of rotatable bonds is 11. The molecule has 0 spiro atoms. The molecule has 0 radical (unpaired) electrons. The molecule has 30 heavy (non-hydrogen) atoms. The first-order valence-corrected chi connectivity index (χ1v) is 11.1. The highest BCUT2D eigenvalue weighted by atomic mass is 32.1. The van der Waals surface area contributed by atoms with E-state index in [1.807, 2.05) is 28.5 Å². The number of amides is 1. The van der Waals surface area contributed by atoms with Gasteiger partial charge in [0.15, 0.2) is 11.5 Å². The number of carbonyl (C=O) groups excluding carboxylic acids is 1. The molecule has 1 amide bonds. The Morgan fingerprint density at radius 3 is 2.50 bits per heavy atom. The van der Waals surface area contributed by atoms with E-state index >= 15 is 0 Å². The minimum Gasteiger partial charge on any atom is -0.493 e. The van der Waals surface area contributed by atoms with Crippen molar-refractivity contribution >= 4 is 17.2 Å². The number of thiazole rings is 1. The van der Waals surface area contributed by atoms with Gasteiger partial charge in [0.1, 0.15) is 11.6 Å². The summed E-state index contributed by atoms with van der Waals surface area (Å²) in [7, 11) is 4.85. The van der Waals surface area contributed by atoms with Crippen LogP contribution in [0.5, 0.6) is 17.2 Å². The van der Waals surface area contributed by atoms with Gasteiger partial charge in [0.05, 0.1) is 33.1 Å². The second-order valence-electron chi connectivity index (χ2n) is 7.25. The van der Waals surface area contributed by atoms with Crippen molar-refractivity contribution in [2.24, 2.45) is 5.92 Å². The van der Waals surface area contributed by atoms with E-state index in [1.165, 1.54) is 11.3 Å². The number of methoxy groups -OCH3 is 3. The van der Waals surface area contributed by atoms with Crippen LogP contribution in [0.4, 0.5) is 0 Å². The lowest BCUT2D eigenvalue weighted by Crippen LogP contribution is -2.37. The molecule has 8 heteroatoms. The van der Waals surface area contributed by atoms with Crippen LogP contribution in [0.2, 0.25) is 0 Å². The maximum absolute atomic E-state index is 12.9. The van der Waals surface area contributed by atoms with Gasteiger partial charge in [0.25, 0.3) is 0 Å². The van der Waals surface area contributed by atoms with Crippen molar-refractivity contribution in [1.29, 1.82) is 0 Å². The first-order chi connectivity index (χ1) is 14.7. The van der Waals surface area contributed by atoms with Gasteiger partial charge in [-0.25, -0.2) is 4.98 Å². The van der Waals surface area contributed by atoms with E-state index in [-0.39, 0.29) is 11.8 Å². The Morgan fingerprint density at radius 1 is 1.17 bits per heavy atom. The standard InChI is InChI=1S/C22H30N2O5S/c1-26-12-11-24(22(25)16-7-4-5-8-16)13-17-15-30-20(23-17)14-29-21-18(27-2)9-6-10-19(21)28-3/h6,9-10,15-16H,4-5,7-8,11-14H2,1-3H3. The summed E-state index contributed by atoms with van der Waals surface area (Å²) in [6.07, 6.45) is 4.25. The second-order valence-corrected chi connectivity index (χ2v) is 8.19. The third-order valence-electron chi connectivity index (χ3n) is 5.26. The molecule has 1 aromatic heterocycles. The zero-order valence-corrected chi connectivity index (χ0v) is 18.7. The molecule has 0 unspecified atom stereocenters. The van der Waals surface area contributed by atoms with Gasteiger partial charge in [-0.1, -0.05) is 18.9 Å². The average molecular weight is 435 g/mol. The van der Waals surface area contributed by atoms with Crippen LogP contribution in [0.15, 0.2) is 23.6 Å². The average Bonchev–Trinajstić information content (AvgIpc) is 3.46. The lowest BCUT2D eigenvalue weighted by Gasteiger charge is -2.24. The fourth-order valence-electron chi connectivity index (χ4n) is 3.68. The summed E-state index contributed by atoms with van der Waals surface area (Å²) in [6, 6.07) is 5.50.